The fourth-order valence-electron chi connectivity index (χ4n) is 6.56. The van der Waals surface area contributed by atoms with Crippen LogP contribution in [0.15, 0.2) is 71.0 Å². The summed E-state index contributed by atoms with van der Waals surface area (Å²) < 4.78 is 12.4. The van der Waals surface area contributed by atoms with Gasteiger partial charge in [-0.25, -0.2) is 0 Å². The average Bonchev–Trinajstić information content (AvgIpc) is 3.66. The standard InChI is InChI=1S/C28H24NO2.C15H28O2.Ir/c1-16-13-21-23(30-16)9-10-24-25(21)20-11-12-29-26(27(20)31-24)18-14-17-7-5-6-8-19(17)22(15-18)28(2,3)4;1-7-14(5,8-2)12(16)11-13(17)15(6,9-3)10-4;/h5-12,15-16H,13H2,1-4H3;11,16H,7-10H2,1-6H3;/q-1;;/b;12-11-;. The summed E-state index contributed by atoms with van der Waals surface area (Å²) in [6.07, 6.45) is 7.72. The summed E-state index contributed by atoms with van der Waals surface area (Å²) in [5, 5.41) is 14.7. The van der Waals surface area contributed by atoms with Crippen LogP contribution in [-0.2, 0) is 36.7 Å². The van der Waals surface area contributed by atoms with E-state index < -0.39 is 0 Å². The fraction of sp³-hybridized carbons (Fsp3) is 0.442. The predicted octanol–water partition coefficient (Wildman–Crippen LogP) is 11.9. The maximum absolute atomic E-state index is 12.2. The number of hydrogen-bond acceptors (Lipinski definition) is 5. The van der Waals surface area contributed by atoms with Crippen LogP contribution in [0.5, 0.6) is 5.75 Å². The Morgan fingerprint density at radius 1 is 0.939 bits per heavy atom. The maximum atomic E-state index is 12.2. The molecule has 49 heavy (non-hydrogen) atoms. The van der Waals surface area contributed by atoms with Crippen LogP contribution in [0.2, 0.25) is 0 Å². The first-order chi connectivity index (χ1) is 22.7. The van der Waals surface area contributed by atoms with Crippen molar-refractivity contribution in [2.75, 3.05) is 0 Å². The van der Waals surface area contributed by atoms with E-state index in [9.17, 15) is 9.90 Å². The largest absolute Gasteiger partial charge is 0.512 e. The Bertz CT molecular complexity index is 1990. The normalized spacial score (nSPS) is 15.1. The van der Waals surface area contributed by atoms with Crippen LogP contribution in [0.3, 0.4) is 0 Å². The number of ketones is 1. The van der Waals surface area contributed by atoms with E-state index in [0.29, 0.717) is 0 Å². The number of furan rings is 1. The Hall–Kier alpha value is -3.47. The molecule has 6 heteroatoms. The van der Waals surface area contributed by atoms with E-state index in [4.69, 9.17) is 14.1 Å². The summed E-state index contributed by atoms with van der Waals surface area (Å²) in [5.74, 6) is 1.25. The number of rotatable bonds is 8. The van der Waals surface area contributed by atoms with Crippen LogP contribution < -0.4 is 4.74 Å². The summed E-state index contributed by atoms with van der Waals surface area (Å²) >= 11 is 0. The molecule has 1 aliphatic heterocycles. The third-order valence-corrected chi connectivity index (χ3v) is 10.9. The monoisotopic (exact) mass is 839 g/mol. The molecular weight excluding hydrogens is 787 g/mol. The molecule has 0 amide bonds. The molecule has 3 heterocycles. The van der Waals surface area contributed by atoms with Gasteiger partial charge in [0.15, 0.2) is 5.78 Å². The van der Waals surface area contributed by atoms with Gasteiger partial charge in [0.25, 0.3) is 0 Å². The number of carbonyl (C=O) groups excluding carboxylic acids is 1. The number of aliphatic hydroxyl groups is 1. The van der Waals surface area contributed by atoms with E-state index in [-0.39, 0.29) is 54.0 Å². The number of carbonyl (C=O) groups is 1. The second-order valence-electron chi connectivity index (χ2n) is 15.0. The van der Waals surface area contributed by atoms with Crippen molar-refractivity contribution >= 4 is 38.5 Å². The summed E-state index contributed by atoms with van der Waals surface area (Å²) in [7, 11) is 0. The maximum Gasteiger partial charge on any atom is 0.164 e. The van der Waals surface area contributed by atoms with Gasteiger partial charge in [0.05, 0.1) is 0 Å². The first-order valence-corrected chi connectivity index (χ1v) is 17.6. The van der Waals surface area contributed by atoms with Crippen molar-refractivity contribution in [2.24, 2.45) is 10.8 Å². The fourth-order valence-corrected chi connectivity index (χ4v) is 6.56. The van der Waals surface area contributed by atoms with E-state index in [1.165, 1.54) is 22.6 Å². The van der Waals surface area contributed by atoms with Gasteiger partial charge in [0, 0.05) is 71.7 Å². The van der Waals surface area contributed by atoms with E-state index in [2.05, 4.69) is 70.2 Å². The van der Waals surface area contributed by atoms with Gasteiger partial charge in [-0.05, 0) is 56.2 Å². The Kier molecular flexibility index (Phi) is 11.6. The summed E-state index contributed by atoms with van der Waals surface area (Å²) in [6.45, 7) is 20.9. The second kappa shape index (κ2) is 14.8. The third kappa shape index (κ3) is 7.37. The van der Waals surface area contributed by atoms with Crippen molar-refractivity contribution < 1.29 is 39.2 Å². The number of ether oxygens (including phenoxy) is 1. The molecule has 0 spiro atoms. The van der Waals surface area contributed by atoms with Crippen molar-refractivity contribution in [2.45, 2.75) is 113 Å². The molecular formula is C43H52IrNO4-. The molecule has 0 saturated heterocycles. The molecule has 2 aromatic heterocycles. The minimum Gasteiger partial charge on any atom is -0.512 e. The molecule has 6 rings (SSSR count). The molecule has 1 unspecified atom stereocenters. The molecule has 0 aliphatic carbocycles. The van der Waals surface area contributed by atoms with Crippen LogP contribution >= 0.6 is 0 Å². The molecule has 1 N–H and O–H groups in total. The second-order valence-corrected chi connectivity index (χ2v) is 15.0. The van der Waals surface area contributed by atoms with Crippen LogP contribution in [-0.4, -0.2) is 22.0 Å². The van der Waals surface area contributed by atoms with E-state index in [0.717, 1.165) is 76.4 Å². The van der Waals surface area contributed by atoms with Gasteiger partial charge in [0.2, 0.25) is 0 Å². The number of benzene rings is 3. The molecule has 0 saturated carbocycles. The van der Waals surface area contributed by atoms with E-state index in [1.54, 1.807) is 0 Å². The van der Waals surface area contributed by atoms with Gasteiger partial charge in [-0.15, -0.1) is 29.1 Å². The Morgan fingerprint density at radius 2 is 1.59 bits per heavy atom. The van der Waals surface area contributed by atoms with Crippen LogP contribution in [0.25, 0.3) is 44.0 Å². The minimum atomic E-state index is -0.337. The number of aliphatic hydroxyl groups excluding tert-OH is 1. The Morgan fingerprint density at radius 3 is 2.22 bits per heavy atom. The van der Waals surface area contributed by atoms with E-state index in [1.807, 2.05) is 59.9 Å². The number of allylic oxidation sites excluding steroid dienone is 2. The first kappa shape index (κ1) is 38.3. The molecule has 1 aliphatic rings. The predicted molar refractivity (Wildman–Crippen MR) is 199 cm³/mol. The number of fused-ring (bicyclic) bond motifs is 6. The Balaban J connectivity index is 0.000000260. The van der Waals surface area contributed by atoms with Gasteiger partial charge in [-0.2, -0.15) is 0 Å². The molecule has 1 atom stereocenters. The first-order valence-electron chi connectivity index (χ1n) is 17.6. The molecule has 263 valence electrons. The van der Waals surface area contributed by atoms with Gasteiger partial charge in [-0.3, -0.25) is 9.78 Å². The number of hydrogen-bond donors (Lipinski definition) is 1. The SMILES string of the molecule is CC1Cc2c(ccc3oc4c(-c5[c-]c6ccccc6c(C(C)(C)C)c5)nccc4c23)O1.CCC(C)(CC)C(=O)/C=C(\O)C(C)(CC)CC.[Ir]. The molecule has 0 bridgehead atoms. The number of pyridine rings is 1. The number of nitrogens with zero attached hydrogens (tertiary/aromatic N) is 1. The molecule has 3 aromatic carbocycles. The van der Waals surface area contributed by atoms with Gasteiger partial charge in [-0.1, -0.05) is 91.5 Å². The zero-order valence-electron chi connectivity index (χ0n) is 30.8. The smallest absolute Gasteiger partial charge is 0.164 e. The number of aromatic nitrogens is 1. The molecule has 0 fully saturated rings. The van der Waals surface area contributed by atoms with Crippen molar-refractivity contribution in [1.29, 1.82) is 0 Å². The van der Waals surface area contributed by atoms with Crippen molar-refractivity contribution in [3.05, 3.63) is 83.8 Å². The van der Waals surface area contributed by atoms with Crippen LogP contribution in [0.1, 0.15) is 106 Å². The van der Waals surface area contributed by atoms with E-state index >= 15 is 0 Å². The van der Waals surface area contributed by atoms with Crippen molar-refractivity contribution in [3.63, 3.8) is 0 Å². The van der Waals surface area contributed by atoms with Crippen LogP contribution in [0, 0.1) is 16.9 Å². The topological polar surface area (TPSA) is 72.6 Å². The Labute approximate surface area is 305 Å². The zero-order chi connectivity index (χ0) is 35.0. The molecule has 1 radical (unpaired) electrons. The average molecular weight is 839 g/mol. The summed E-state index contributed by atoms with van der Waals surface area (Å²) in [5.41, 5.74) is 5.43. The van der Waals surface area contributed by atoms with Gasteiger partial charge in [0.1, 0.15) is 28.8 Å². The third-order valence-electron chi connectivity index (χ3n) is 10.9. The summed E-state index contributed by atoms with van der Waals surface area (Å²) in [6, 6.07) is 20.4. The van der Waals surface area contributed by atoms with Crippen molar-refractivity contribution in [3.8, 4) is 17.0 Å². The van der Waals surface area contributed by atoms with Crippen molar-refractivity contribution in [1.82, 2.24) is 4.98 Å². The molecule has 5 nitrogen and oxygen atoms in total. The minimum absolute atomic E-state index is 0. The van der Waals surface area contributed by atoms with Crippen LogP contribution in [0.4, 0.5) is 0 Å². The molecule has 5 aromatic rings. The quantitative estimate of drug-likeness (QED) is 0.0957. The van der Waals surface area contributed by atoms with Gasteiger partial charge >= 0.3 is 0 Å². The zero-order valence-corrected chi connectivity index (χ0v) is 33.2. The summed E-state index contributed by atoms with van der Waals surface area (Å²) in [4.78, 5) is 16.9. The van der Waals surface area contributed by atoms with Gasteiger partial charge < -0.3 is 14.3 Å².